The molecule has 0 N–H and O–H groups in total. The third-order valence-corrected chi connectivity index (χ3v) is 4.88. The van der Waals surface area contributed by atoms with Crippen molar-refractivity contribution in [1.29, 1.82) is 0 Å². The first kappa shape index (κ1) is 17.2. The summed E-state index contributed by atoms with van der Waals surface area (Å²) in [5, 5.41) is 0. The number of aryl methyl sites for hydroxylation is 1. The molecular formula is C17H26N2O2S. The molecule has 0 spiro atoms. The van der Waals surface area contributed by atoms with Gasteiger partial charge in [0, 0.05) is 18.8 Å². The molecule has 0 bridgehead atoms. The maximum Gasteiger partial charge on any atom is 0.260 e. The van der Waals surface area contributed by atoms with Crippen molar-refractivity contribution in [2.45, 2.75) is 19.4 Å². The summed E-state index contributed by atoms with van der Waals surface area (Å²) in [6, 6.07) is 8.11. The van der Waals surface area contributed by atoms with E-state index in [2.05, 4.69) is 19.0 Å². The summed E-state index contributed by atoms with van der Waals surface area (Å²) in [4.78, 5) is 16.7. The van der Waals surface area contributed by atoms with E-state index in [4.69, 9.17) is 4.74 Å². The molecule has 0 aliphatic carbocycles. The number of ether oxygens (including phenoxy) is 1. The summed E-state index contributed by atoms with van der Waals surface area (Å²) in [6.07, 6.45) is 1.06. The van der Waals surface area contributed by atoms with E-state index in [1.54, 1.807) is 0 Å². The quantitative estimate of drug-likeness (QED) is 0.832. The van der Waals surface area contributed by atoms with Crippen LogP contribution in [0.4, 0.5) is 0 Å². The number of benzene rings is 1. The van der Waals surface area contributed by atoms with Crippen LogP contribution in [0.5, 0.6) is 5.75 Å². The molecule has 1 aromatic carbocycles. The maximum atomic E-state index is 12.6. The second-order valence-electron chi connectivity index (χ2n) is 6.04. The van der Waals surface area contributed by atoms with Gasteiger partial charge in [0.2, 0.25) is 0 Å². The van der Waals surface area contributed by atoms with Crippen LogP contribution >= 0.6 is 11.8 Å². The first-order valence-electron chi connectivity index (χ1n) is 7.77. The zero-order chi connectivity index (χ0) is 15.9. The van der Waals surface area contributed by atoms with Crippen molar-refractivity contribution in [3.63, 3.8) is 0 Å². The van der Waals surface area contributed by atoms with E-state index in [1.807, 2.05) is 47.9 Å². The van der Waals surface area contributed by atoms with Gasteiger partial charge in [0.15, 0.2) is 6.61 Å². The number of rotatable bonds is 5. The van der Waals surface area contributed by atoms with Gasteiger partial charge in [0.25, 0.3) is 5.91 Å². The van der Waals surface area contributed by atoms with Crippen LogP contribution in [-0.4, -0.2) is 67.0 Å². The highest BCUT2D eigenvalue weighted by molar-refractivity contribution is 7.99. The van der Waals surface area contributed by atoms with Gasteiger partial charge in [-0.15, -0.1) is 0 Å². The average Bonchev–Trinajstić information content (AvgIpc) is 2.70. The first-order valence-corrected chi connectivity index (χ1v) is 8.93. The van der Waals surface area contributed by atoms with Crippen LogP contribution in [0.15, 0.2) is 24.3 Å². The SMILES string of the molecule is Cc1cccc(OCC(=O)N2CCCSCC2CN(C)C)c1. The van der Waals surface area contributed by atoms with Gasteiger partial charge in [-0.05, 0) is 50.9 Å². The lowest BCUT2D eigenvalue weighted by Gasteiger charge is -2.31. The van der Waals surface area contributed by atoms with Gasteiger partial charge in [0.1, 0.15) is 5.75 Å². The Balaban J connectivity index is 1.95. The van der Waals surface area contributed by atoms with Crippen molar-refractivity contribution in [2.75, 3.05) is 45.3 Å². The second kappa shape index (κ2) is 8.44. The minimum Gasteiger partial charge on any atom is -0.484 e. The molecule has 1 unspecified atom stereocenters. The van der Waals surface area contributed by atoms with Crippen molar-refractivity contribution in [1.82, 2.24) is 9.80 Å². The minimum atomic E-state index is 0.0934. The van der Waals surface area contributed by atoms with Gasteiger partial charge in [-0.3, -0.25) is 4.79 Å². The highest BCUT2D eigenvalue weighted by atomic mass is 32.2. The van der Waals surface area contributed by atoms with Crippen LogP contribution in [0.2, 0.25) is 0 Å². The number of amides is 1. The van der Waals surface area contributed by atoms with Gasteiger partial charge in [-0.2, -0.15) is 11.8 Å². The van der Waals surface area contributed by atoms with Gasteiger partial charge in [-0.25, -0.2) is 0 Å². The lowest BCUT2D eigenvalue weighted by molar-refractivity contribution is -0.135. The Morgan fingerprint density at radius 3 is 3.00 bits per heavy atom. The number of hydrogen-bond donors (Lipinski definition) is 0. The molecule has 1 aliphatic heterocycles. The van der Waals surface area contributed by atoms with Crippen molar-refractivity contribution in [3.8, 4) is 5.75 Å². The van der Waals surface area contributed by atoms with Crippen molar-refractivity contribution in [3.05, 3.63) is 29.8 Å². The van der Waals surface area contributed by atoms with Crippen LogP contribution in [0.25, 0.3) is 0 Å². The molecule has 1 amide bonds. The molecule has 1 saturated heterocycles. The van der Waals surface area contributed by atoms with Gasteiger partial charge in [0.05, 0.1) is 6.04 Å². The Hall–Kier alpha value is -1.20. The molecule has 1 atom stereocenters. The summed E-state index contributed by atoms with van der Waals surface area (Å²) in [5.41, 5.74) is 1.14. The van der Waals surface area contributed by atoms with E-state index >= 15 is 0 Å². The fourth-order valence-corrected chi connectivity index (χ4v) is 3.72. The van der Waals surface area contributed by atoms with Crippen LogP contribution < -0.4 is 4.74 Å². The molecule has 1 fully saturated rings. The zero-order valence-corrected chi connectivity index (χ0v) is 14.6. The highest BCUT2D eigenvalue weighted by Crippen LogP contribution is 2.18. The van der Waals surface area contributed by atoms with E-state index in [1.165, 1.54) is 0 Å². The molecule has 1 aromatic rings. The van der Waals surface area contributed by atoms with Crippen LogP contribution in [-0.2, 0) is 4.79 Å². The van der Waals surface area contributed by atoms with Gasteiger partial charge < -0.3 is 14.5 Å². The lowest BCUT2D eigenvalue weighted by atomic mass is 10.2. The normalized spacial score (nSPS) is 19.1. The Morgan fingerprint density at radius 1 is 1.45 bits per heavy atom. The number of carbonyl (C=O) groups is 1. The highest BCUT2D eigenvalue weighted by Gasteiger charge is 2.26. The molecule has 2 rings (SSSR count). The Labute approximate surface area is 137 Å². The molecule has 1 aliphatic rings. The summed E-state index contributed by atoms with van der Waals surface area (Å²) in [6.45, 7) is 3.89. The summed E-state index contributed by atoms with van der Waals surface area (Å²) < 4.78 is 5.68. The maximum absolute atomic E-state index is 12.6. The number of likely N-dealkylation sites (N-methyl/N-ethyl adjacent to an activating group) is 1. The number of carbonyl (C=O) groups excluding carboxylic acids is 1. The molecule has 0 radical (unpaired) electrons. The molecule has 5 heteroatoms. The smallest absolute Gasteiger partial charge is 0.260 e. The van der Waals surface area contributed by atoms with E-state index < -0.39 is 0 Å². The predicted molar refractivity (Wildman–Crippen MR) is 92.7 cm³/mol. The van der Waals surface area contributed by atoms with Gasteiger partial charge >= 0.3 is 0 Å². The third kappa shape index (κ3) is 5.21. The third-order valence-electron chi connectivity index (χ3n) is 3.69. The summed E-state index contributed by atoms with van der Waals surface area (Å²) >= 11 is 1.94. The van der Waals surface area contributed by atoms with E-state index in [-0.39, 0.29) is 18.6 Å². The predicted octanol–water partition coefficient (Wildman–Crippen LogP) is 2.27. The fraction of sp³-hybridized carbons (Fsp3) is 0.588. The Morgan fingerprint density at radius 2 is 2.27 bits per heavy atom. The topological polar surface area (TPSA) is 32.8 Å². The van der Waals surface area contributed by atoms with Crippen molar-refractivity contribution < 1.29 is 9.53 Å². The second-order valence-corrected chi connectivity index (χ2v) is 7.19. The van der Waals surface area contributed by atoms with Crippen molar-refractivity contribution in [2.24, 2.45) is 0 Å². The van der Waals surface area contributed by atoms with Crippen LogP contribution in [0, 0.1) is 6.92 Å². The van der Waals surface area contributed by atoms with Crippen LogP contribution in [0.1, 0.15) is 12.0 Å². The van der Waals surface area contributed by atoms with E-state index in [9.17, 15) is 4.79 Å². The van der Waals surface area contributed by atoms with Crippen LogP contribution in [0.3, 0.4) is 0 Å². The standard InChI is InChI=1S/C17H26N2O2S/c1-14-6-4-7-16(10-14)21-12-17(20)19-8-5-9-22-13-15(19)11-18(2)3/h4,6-7,10,15H,5,8-9,11-13H2,1-3H3. The molecule has 122 valence electrons. The average molecular weight is 322 g/mol. The zero-order valence-electron chi connectivity index (χ0n) is 13.7. The summed E-state index contributed by atoms with van der Waals surface area (Å²) in [5.74, 6) is 3.00. The van der Waals surface area contributed by atoms with Gasteiger partial charge in [-0.1, -0.05) is 12.1 Å². The fourth-order valence-electron chi connectivity index (χ4n) is 2.66. The molecule has 0 aromatic heterocycles. The minimum absolute atomic E-state index is 0.0934. The number of hydrogen-bond acceptors (Lipinski definition) is 4. The molecule has 0 saturated carbocycles. The van der Waals surface area contributed by atoms with E-state index in [0.29, 0.717) is 0 Å². The Bertz CT molecular complexity index is 493. The number of thioether (sulfide) groups is 1. The Kier molecular flexibility index (Phi) is 6.58. The largest absolute Gasteiger partial charge is 0.484 e. The molecular weight excluding hydrogens is 296 g/mol. The summed E-state index contributed by atoms with van der Waals surface area (Å²) in [7, 11) is 4.11. The molecule has 22 heavy (non-hydrogen) atoms. The molecule has 4 nitrogen and oxygen atoms in total. The van der Waals surface area contributed by atoms with E-state index in [0.717, 1.165) is 42.3 Å². The first-order chi connectivity index (χ1) is 10.6. The lowest BCUT2D eigenvalue weighted by Crippen LogP contribution is -2.48. The van der Waals surface area contributed by atoms with Crippen molar-refractivity contribution >= 4 is 17.7 Å². The number of nitrogens with zero attached hydrogens (tertiary/aromatic N) is 2. The monoisotopic (exact) mass is 322 g/mol. The molecule has 1 heterocycles.